The molecule has 0 aliphatic carbocycles. The minimum atomic E-state index is -0.749. The molecule has 1 aliphatic heterocycles. The average Bonchev–Trinajstić information content (AvgIpc) is 3.27. The molecule has 0 bridgehead atoms. The number of halogens is 1. The zero-order valence-electron chi connectivity index (χ0n) is 16.7. The molecule has 160 valence electrons. The Kier molecular flexibility index (Phi) is 5.99. The van der Waals surface area contributed by atoms with Crippen LogP contribution in [0.3, 0.4) is 0 Å². The highest BCUT2D eigenvalue weighted by atomic mass is 19.1. The van der Waals surface area contributed by atoms with Crippen molar-refractivity contribution in [2.45, 2.75) is 37.9 Å². The molecule has 0 fully saturated rings. The normalized spacial score (nSPS) is 16.5. The Morgan fingerprint density at radius 2 is 1.94 bits per heavy atom. The van der Waals surface area contributed by atoms with Crippen LogP contribution >= 0.6 is 0 Å². The number of benzene rings is 2. The summed E-state index contributed by atoms with van der Waals surface area (Å²) in [7, 11) is 0. The number of aromatic nitrogens is 4. The monoisotopic (exact) mass is 423 g/mol. The molecule has 3 aromatic rings. The van der Waals surface area contributed by atoms with Crippen molar-refractivity contribution in [3.05, 3.63) is 71.0 Å². The van der Waals surface area contributed by atoms with Gasteiger partial charge in [0, 0.05) is 25.4 Å². The maximum absolute atomic E-state index is 13.9. The zero-order chi connectivity index (χ0) is 21.8. The molecule has 10 heteroatoms. The molecule has 0 radical (unpaired) electrons. The molecule has 1 unspecified atom stereocenters. The fourth-order valence-corrected chi connectivity index (χ4v) is 3.79. The van der Waals surface area contributed by atoms with Crippen molar-refractivity contribution in [2.24, 2.45) is 5.73 Å². The van der Waals surface area contributed by atoms with Crippen LogP contribution in [-0.2, 0) is 29.0 Å². The van der Waals surface area contributed by atoms with Crippen LogP contribution in [0.4, 0.5) is 10.3 Å². The molecule has 4 N–H and O–H groups in total. The molecular weight excluding hydrogens is 401 g/mol. The lowest BCUT2D eigenvalue weighted by molar-refractivity contribution is -0.140. The first-order valence-electron chi connectivity index (χ1n) is 9.91. The second kappa shape index (κ2) is 9.00. The van der Waals surface area contributed by atoms with Crippen molar-refractivity contribution in [3.63, 3.8) is 0 Å². The molecule has 1 aromatic heterocycles. The highest BCUT2D eigenvalue weighted by Crippen LogP contribution is 2.25. The Hall–Kier alpha value is -3.66. The van der Waals surface area contributed by atoms with E-state index in [1.807, 2.05) is 24.3 Å². The Labute approximate surface area is 177 Å². The van der Waals surface area contributed by atoms with Gasteiger partial charge in [-0.15, -0.1) is 5.10 Å². The number of hydrogen-bond acceptors (Lipinski definition) is 6. The molecule has 0 spiro atoms. The number of nitrogens with zero attached hydrogens (tertiary/aromatic N) is 4. The van der Waals surface area contributed by atoms with Crippen LogP contribution in [0.15, 0.2) is 48.5 Å². The van der Waals surface area contributed by atoms with E-state index in [1.54, 1.807) is 18.2 Å². The predicted molar refractivity (Wildman–Crippen MR) is 110 cm³/mol. The van der Waals surface area contributed by atoms with E-state index in [9.17, 15) is 14.0 Å². The van der Waals surface area contributed by atoms with Gasteiger partial charge < -0.3 is 10.6 Å². The lowest BCUT2D eigenvalue weighted by Crippen LogP contribution is -2.51. The van der Waals surface area contributed by atoms with E-state index in [-0.39, 0.29) is 37.1 Å². The van der Waals surface area contributed by atoms with Crippen molar-refractivity contribution in [2.75, 3.05) is 5.32 Å². The summed E-state index contributed by atoms with van der Waals surface area (Å²) in [5.74, 6) is -0.999. The van der Waals surface area contributed by atoms with Gasteiger partial charge in [0.1, 0.15) is 11.9 Å². The molecule has 2 atom stereocenters. The van der Waals surface area contributed by atoms with E-state index in [4.69, 9.17) is 5.73 Å². The van der Waals surface area contributed by atoms with E-state index >= 15 is 0 Å². The number of nitrogens with two attached hydrogens (primary N) is 1. The number of amides is 2. The number of rotatable bonds is 6. The van der Waals surface area contributed by atoms with E-state index in [0.29, 0.717) is 12.0 Å². The summed E-state index contributed by atoms with van der Waals surface area (Å²) >= 11 is 0. The van der Waals surface area contributed by atoms with Crippen molar-refractivity contribution in [3.8, 4) is 0 Å². The highest BCUT2D eigenvalue weighted by Gasteiger charge is 2.35. The molecule has 0 saturated carbocycles. The topological polar surface area (TPSA) is 130 Å². The van der Waals surface area contributed by atoms with Crippen molar-refractivity contribution in [1.82, 2.24) is 25.5 Å². The number of carbonyl (C=O) groups excluding carboxylic acids is 2. The van der Waals surface area contributed by atoms with E-state index in [2.05, 4.69) is 25.9 Å². The highest BCUT2D eigenvalue weighted by molar-refractivity contribution is 5.96. The summed E-state index contributed by atoms with van der Waals surface area (Å²) in [4.78, 5) is 27.6. The van der Waals surface area contributed by atoms with Gasteiger partial charge in [-0.05, 0) is 34.4 Å². The molecule has 2 heterocycles. The Morgan fingerprint density at radius 3 is 2.68 bits per heavy atom. The Balaban J connectivity index is 1.50. The minimum Gasteiger partial charge on any atom is -0.327 e. The third-order valence-electron chi connectivity index (χ3n) is 5.33. The summed E-state index contributed by atoms with van der Waals surface area (Å²) in [6.45, 7) is 0.283. The zero-order valence-corrected chi connectivity index (χ0v) is 16.7. The van der Waals surface area contributed by atoms with Crippen LogP contribution in [-0.4, -0.2) is 49.4 Å². The second-order valence-electron chi connectivity index (χ2n) is 7.49. The van der Waals surface area contributed by atoms with Gasteiger partial charge in [-0.25, -0.2) is 4.39 Å². The van der Waals surface area contributed by atoms with Gasteiger partial charge >= 0.3 is 0 Å². The number of anilines is 1. The Bertz CT molecular complexity index is 1070. The largest absolute Gasteiger partial charge is 0.327 e. The molecular formula is C21H22FN7O2. The maximum atomic E-state index is 13.9. The predicted octanol–water partition coefficient (Wildman–Crippen LogP) is 1.19. The standard InChI is InChI=1S/C21H22FN7O2/c22-17-8-4-3-6-14(17)9-16(23)11-19(30)29-12-15-7-2-1-5-13(15)10-18(29)20(31)24-21-25-27-28-26-21/h1-8,16,18H,9-12,23H2,(H2,24,25,26,27,28,31)/t16?,18-/m0/s1. The van der Waals surface area contributed by atoms with Gasteiger partial charge in [0.15, 0.2) is 0 Å². The molecule has 0 saturated heterocycles. The number of aromatic amines is 1. The molecule has 4 rings (SSSR count). The first kappa shape index (κ1) is 20.6. The van der Waals surface area contributed by atoms with E-state index in [1.165, 1.54) is 11.0 Å². The van der Waals surface area contributed by atoms with Gasteiger partial charge in [-0.1, -0.05) is 47.6 Å². The minimum absolute atomic E-state index is 0.0114. The summed E-state index contributed by atoms with van der Waals surface area (Å²) in [5, 5.41) is 15.7. The van der Waals surface area contributed by atoms with Gasteiger partial charge in [0.25, 0.3) is 5.95 Å². The third-order valence-corrected chi connectivity index (χ3v) is 5.33. The number of hydrogen-bond donors (Lipinski definition) is 3. The van der Waals surface area contributed by atoms with Crippen LogP contribution in [0.25, 0.3) is 0 Å². The summed E-state index contributed by atoms with van der Waals surface area (Å²) < 4.78 is 13.9. The quantitative estimate of drug-likeness (QED) is 0.546. The number of nitrogens with one attached hydrogen (secondary N) is 2. The summed E-state index contributed by atoms with van der Waals surface area (Å²) in [6.07, 6.45) is 0.569. The van der Waals surface area contributed by atoms with Crippen molar-refractivity contribution >= 4 is 17.8 Å². The molecule has 2 amide bonds. The fraction of sp³-hybridized carbons (Fsp3) is 0.286. The number of tetrazole rings is 1. The van der Waals surface area contributed by atoms with Crippen molar-refractivity contribution in [1.29, 1.82) is 0 Å². The van der Waals surface area contributed by atoms with Crippen LogP contribution in [0.1, 0.15) is 23.1 Å². The van der Waals surface area contributed by atoms with Crippen LogP contribution in [0.2, 0.25) is 0 Å². The smallest absolute Gasteiger partial charge is 0.269 e. The number of H-pyrrole nitrogens is 1. The fourth-order valence-electron chi connectivity index (χ4n) is 3.79. The summed E-state index contributed by atoms with van der Waals surface area (Å²) in [5.41, 5.74) is 8.59. The molecule has 9 nitrogen and oxygen atoms in total. The van der Waals surface area contributed by atoms with Crippen LogP contribution in [0, 0.1) is 5.82 Å². The molecule has 31 heavy (non-hydrogen) atoms. The van der Waals surface area contributed by atoms with Crippen LogP contribution < -0.4 is 11.1 Å². The van der Waals surface area contributed by atoms with Crippen LogP contribution in [0.5, 0.6) is 0 Å². The number of carbonyl (C=O) groups is 2. The average molecular weight is 423 g/mol. The third kappa shape index (κ3) is 4.75. The lowest BCUT2D eigenvalue weighted by atomic mass is 9.92. The Morgan fingerprint density at radius 1 is 1.19 bits per heavy atom. The first-order valence-corrected chi connectivity index (χ1v) is 9.91. The van der Waals surface area contributed by atoms with Gasteiger partial charge in [0.05, 0.1) is 0 Å². The van der Waals surface area contributed by atoms with E-state index in [0.717, 1.165) is 11.1 Å². The first-order chi connectivity index (χ1) is 15.0. The van der Waals surface area contributed by atoms with E-state index < -0.39 is 18.0 Å². The summed E-state index contributed by atoms with van der Waals surface area (Å²) in [6, 6.07) is 12.7. The molecule has 1 aliphatic rings. The van der Waals surface area contributed by atoms with Gasteiger partial charge in [-0.3, -0.25) is 14.9 Å². The number of fused-ring (bicyclic) bond motifs is 1. The van der Waals surface area contributed by atoms with Crippen molar-refractivity contribution < 1.29 is 14.0 Å². The maximum Gasteiger partial charge on any atom is 0.269 e. The van der Waals surface area contributed by atoms with Gasteiger partial charge in [-0.2, -0.15) is 5.21 Å². The molecule has 2 aromatic carbocycles. The van der Waals surface area contributed by atoms with Gasteiger partial charge in [0.2, 0.25) is 11.8 Å². The lowest BCUT2D eigenvalue weighted by Gasteiger charge is -2.36. The second-order valence-corrected chi connectivity index (χ2v) is 7.49. The SMILES string of the molecule is NC(CC(=O)N1Cc2ccccc2C[C@H]1C(=O)Nc1nn[nH]n1)Cc1ccccc1F.